The van der Waals surface area contributed by atoms with Crippen molar-refractivity contribution in [3.8, 4) is 0 Å². The van der Waals surface area contributed by atoms with Crippen LogP contribution in [-0.2, 0) is 13.7 Å². The van der Waals surface area contributed by atoms with Crippen LogP contribution in [0.5, 0.6) is 0 Å². The molecule has 0 aromatic heterocycles. The van der Waals surface area contributed by atoms with Crippen molar-refractivity contribution in [2.24, 2.45) is 0 Å². The van der Waals surface area contributed by atoms with Crippen molar-refractivity contribution >= 4 is 64.6 Å². The molecule has 5 nitrogen and oxygen atoms in total. The lowest BCUT2D eigenvalue weighted by Crippen LogP contribution is -2.44. The number of anilines is 2. The first-order valence-corrected chi connectivity index (χ1v) is 10.4. The first kappa shape index (κ1) is 28.9. The smallest absolute Gasteiger partial charge is 0.426 e. The number of benzene rings is 2. The summed E-state index contributed by atoms with van der Waals surface area (Å²) >= 11 is 6.22. The molecule has 12 heteroatoms. The highest BCUT2D eigenvalue weighted by atomic mass is 79.9. The van der Waals surface area contributed by atoms with Gasteiger partial charge in [0.1, 0.15) is 11.6 Å². The summed E-state index contributed by atoms with van der Waals surface area (Å²) in [6.07, 6.45) is 0. The van der Waals surface area contributed by atoms with Gasteiger partial charge in [-0.1, -0.05) is 29.4 Å². The molecule has 0 saturated carbocycles. The van der Waals surface area contributed by atoms with E-state index in [4.69, 9.17) is 25.2 Å². The minimum absolute atomic E-state index is 0. The lowest BCUT2D eigenvalue weighted by atomic mass is 9.74. The molecule has 0 aliphatic carbocycles. The van der Waals surface area contributed by atoms with E-state index in [0.29, 0.717) is 8.95 Å². The molecule has 0 spiro atoms. The zero-order valence-corrected chi connectivity index (χ0v) is 20.1. The van der Waals surface area contributed by atoms with E-state index >= 15 is 0 Å². The molecular weight excluding hydrogens is 522 g/mol. The summed E-state index contributed by atoms with van der Waals surface area (Å²) in [6.45, 7) is 9.21. The Hall–Kier alpha value is -1.07. The maximum absolute atomic E-state index is 12.7. The van der Waals surface area contributed by atoms with Crippen LogP contribution in [0.15, 0.2) is 33.2 Å². The highest BCUT2D eigenvalue weighted by molar-refractivity contribution is 9.11. The Labute approximate surface area is 195 Å². The van der Waals surface area contributed by atoms with Crippen molar-refractivity contribution in [3.63, 3.8) is 0 Å². The molecule has 3 rings (SSSR count). The summed E-state index contributed by atoms with van der Waals surface area (Å²) < 4.78 is 41.9. The van der Waals surface area contributed by atoms with Gasteiger partial charge in [0, 0.05) is 8.95 Å². The van der Waals surface area contributed by atoms with Gasteiger partial charge in [-0.2, -0.15) is 0 Å². The Balaban J connectivity index is 0.000000414. The first-order chi connectivity index (χ1) is 13.4. The van der Waals surface area contributed by atoms with Crippen LogP contribution in [0.3, 0.4) is 0 Å². The van der Waals surface area contributed by atoms with Crippen molar-refractivity contribution in [2.75, 3.05) is 11.5 Å². The molecular formula is C18H27B3Br2F2N2O3. The van der Waals surface area contributed by atoms with E-state index in [-0.39, 0.29) is 46.0 Å². The number of nitrogens with two attached hydrogens (primary N) is 2. The fourth-order valence-electron chi connectivity index (χ4n) is 2.39. The second-order valence-electron chi connectivity index (χ2n) is 6.37. The van der Waals surface area contributed by atoms with E-state index in [1.165, 1.54) is 12.1 Å². The van der Waals surface area contributed by atoms with Crippen molar-refractivity contribution in [3.05, 3.63) is 56.0 Å². The maximum Gasteiger partial charge on any atom is 0.426 e. The van der Waals surface area contributed by atoms with Gasteiger partial charge in [0.15, 0.2) is 0 Å². The Bertz CT molecular complexity index is 711. The molecule has 1 fully saturated rings. The summed E-state index contributed by atoms with van der Waals surface area (Å²) in [4.78, 5) is 0. The molecule has 0 unspecified atom stereocenters. The number of hydrogen-bond acceptors (Lipinski definition) is 5. The number of hydrogen-bond donors (Lipinski definition) is 2. The van der Waals surface area contributed by atoms with Crippen molar-refractivity contribution in [1.29, 1.82) is 0 Å². The Morgan fingerprint density at radius 2 is 1.20 bits per heavy atom. The first-order valence-electron chi connectivity index (χ1n) is 8.79. The number of aryl methyl sites for hydroxylation is 2. The van der Waals surface area contributed by atoms with Gasteiger partial charge < -0.3 is 25.2 Å². The van der Waals surface area contributed by atoms with Gasteiger partial charge in [-0.05, 0) is 79.6 Å². The average Bonchev–Trinajstić information content (AvgIpc) is 2.57. The summed E-state index contributed by atoms with van der Waals surface area (Å²) in [7, 11) is -0.406. The van der Waals surface area contributed by atoms with Crippen LogP contribution < -0.4 is 11.5 Å². The fourth-order valence-corrected chi connectivity index (χ4v) is 3.56. The average molecular weight is 550 g/mol. The van der Waals surface area contributed by atoms with Gasteiger partial charge in [0.05, 0.1) is 11.4 Å². The van der Waals surface area contributed by atoms with Crippen LogP contribution >= 0.6 is 31.9 Å². The quantitative estimate of drug-likeness (QED) is 0.311. The van der Waals surface area contributed by atoms with Gasteiger partial charge in [-0.3, -0.25) is 0 Å². The predicted molar refractivity (Wildman–Crippen MR) is 131 cm³/mol. The summed E-state index contributed by atoms with van der Waals surface area (Å²) in [5.41, 5.74) is 12.8. The summed E-state index contributed by atoms with van der Waals surface area (Å²) in [5, 5.41) is 0. The van der Waals surface area contributed by atoms with Gasteiger partial charge in [0.25, 0.3) is 0 Å². The predicted octanol–water partition coefficient (Wildman–Crippen LogP) is 6.00. The second-order valence-corrected chi connectivity index (χ2v) is 8.14. The lowest BCUT2D eigenvalue weighted by molar-refractivity contribution is 0.294. The van der Waals surface area contributed by atoms with E-state index in [9.17, 15) is 8.78 Å². The minimum atomic E-state index is -0.416. The standard InChI is InChI=1S/C8H10FN.C6H4Br2FN.C3H9B3O3.CH4/c1-5-3-6(2)8(10)7(9)4-5;7-3-1-4(8)6(10)5(9)2-3;1-4-7-5(2)9-6(3)8-4;/h3-4H,10H2,1-2H3;1-2H,10H2;1-3H3;1H4. The SMILES string of the molecule is C.CB1OB(C)OB(C)O1.Cc1cc(C)c(N)c(F)c1.Nc1c(F)cc(Br)cc1Br. The molecule has 0 radical (unpaired) electrons. The van der Waals surface area contributed by atoms with Gasteiger partial charge in [0.2, 0.25) is 0 Å². The highest BCUT2D eigenvalue weighted by Gasteiger charge is 2.31. The normalized spacial score (nSPS) is 12.9. The van der Waals surface area contributed by atoms with E-state index < -0.39 is 5.82 Å². The Kier molecular flexibility index (Phi) is 12.9. The molecule has 4 N–H and O–H groups in total. The van der Waals surface area contributed by atoms with Gasteiger partial charge in [-0.25, -0.2) is 8.78 Å². The van der Waals surface area contributed by atoms with Gasteiger partial charge in [-0.15, -0.1) is 0 Å². The summed E-state index contributed by atoms with van der Waals surface area (Å²) in [5.74, 6) is -0.737. The Morgan fingerprint density at radius 1 is 0.767 bits per heavy atom. The van der Waals surface area contributed by atoms with Crippen LogP contribution in [0.2, 0.25) is 20.5 Å². The second kappa shape index (κ2) is 13.4. The largest absolute Gasteiger partial charge is 0.453 e. The van der Waals surface area contributed by atoms with Crippen LogP contribution in [0.4, 0.5) is 20.2 Å². The number of rotatable bonds is 0. The molecule has 164 valence electrons. The number of nitrogen functional groups attached to an aromatic ring is 2. The van der Waals surface area contributed by atoms with Crippen molar-refractivity contribution in [2.45, 2.75) is 41.7 Å². The molecule has 0 amide bonds. The molecule has 30 heavy (non-hydrogen) atoms. The third kappa shape index (κ3) is 9.83. The molecule has 1 aliphatic rings. The molecule has 1 aliphatic heterocycles. The van der Waals surface area contributed by atoms with E-state index in [1.54, 1.807) is 13.0 Å². The third-order valence-electron chi connectivity index (χ3n) is 3.67. The zero-order valence-electron chi connectivity index (χ0n) is 16.9. The lowest BCUT2D eigenvalue weighted by Gasteiger charge is -2.25. The van der Waals surface area contributed by atoms with E-state index in [1.807, 2.05) is 33.5 Å². The third-order valence-corrected chi connectivity index (χ3v) is 4.79. The highest BCUT2D eigenvalue weighted by Crippen LogP contribution is 2.26. The molecule has 0 atom stereocenters. The Morgan fingerprint density at radius 3 is 1.60 bits per heavy atom. The van der Waals surface area contributed by atoms with Crippen molar-refractivity contribution in [1.82, 2.24) is 0 Å². The molecule has 2 aromatic carbocycles. The van der Waals surface area contributed by atoms with Crippen LogP contribution in [0.25, 0.3) is 0 Å². The monoisotopic (exact) mass is 548 g/mol. The minimum Gasteiger partial charge on any atom is -0.453 e. The van der Waals surface area contributed by atoms with Crippen molar-refractivity contribution < 1.29 is 22.5 Å². The summed E-state index contributed by atoms with van der Waals surface area (Å²) in [6, 6.07) is 6.30. The van der Waals surface area contributed by atoms with Crippen LogP contribution in [-0.4, -0.2) is 21.4 Å². The molecule has 1 saturated heterocycles. The molecule has 0 bridgehead atoms. The van der Waals surface area contributed by atoms with Gasteiger partial charge >= 0.3 is 21.4 Å². The van der Waals surface area contributed by atoms with E-state index in [0.717, 1.165) is 11.1 Å². The fraction of sp³-hybridized carbons (Fsp3) is 0.333. The topological polar surface area (TPSA) is 79.7 Å². The van der Waals surface area contributed by atoms with E-state index in [2.05, 4.69) is 31.9 Å². The van der Waals surface area contributed by atoms with Crippen LogP contribution in [0, 0.1) is 25.5 Å². The number of halogens is 4. The maximum atomic E-state index is 12.7. The zero-order chi connectivity index (χ0) is 22.3. The molecule has 2 aromatic rings. The molecule has 1 heterocycles. The van der Waals surface area contributed by atoms with Crippen LogP contribution in [0.1, 0.15) is 18.6 Å².